The summed E-state index contributed by atoms with van der Waals surface area (Å²) in [6.45, 7) is 1.53. The van der Waals surface area contributed by atoms with Crippen LogP contribution in [0.25, 0.3) is 0 Å². The van der Waals surface area contributed by atoms with Crippen molar-refractivity contribution >= 4 is 5.97 Å². The number of methoxy groups -OCH3 is 2. The van der Waals surface area contributed by atoms with Gasteiger partial charge >= 0.3 is 5.97 Å². The maximum Gasteiger partial charge on any atom is 0.341 e. The summed E-state index contributed by atoms with van der Waals surface area (Å²) in [5.41, 5.74) is 3.87. The lowest BCUT2D eigenvalue weighted by atomic mass is 9.85. The van der Waals surface area contributed by atoms with E-state index in [1.165, 1.54) is 5.56 Å². The summed E-state index contributed by atoms with van der Waals surface area (Å²) >= 11 is 0. The number of ether oxygens (including phenoxy) is 3. The molecule has 0 saturated heterocycles. The largest absolute Gasteiger partial charge is 0.496 e. The van der Waals surface area contributed by atoms with Crippen molar-refractivity contribution in [1.82, 2.24) is 0 Å². The first-order chi connectivity index (χ1) is 16.9. The molecule has 0 heterocycles. The molecule has 0 amide bonds. The van der Waals surface area contributed by atoms with Gasteiger partial charge in [0, 0.05) is 5.56 Å². The van der Waals surface area contributed by atoms with Gasteiger partial charge in [-0.3, -0.25) is 0 Å². The molecule has 0 fully saturated rings. The van der Waals surface area contributed by atoms with Crippen molar-refractivity contribution in [3.05, 3.63) is 89.0 Å². The zero-order valence-corrected chi connectivity index (χ0v) is 20.6. The Morgan fingerprint density at radius 1 is 0.914 bits per heavy atom. The van der Waals surface area contributed by atoms with Gasteiger partial charge in [0.05, 0.1) is 20.3 Å². The van der Waals surface area contributed by atoms with E-state index in [4.69, 9.17) is 19.3 Å². The normalized spacial score (nSPS) is 12.6. The van der Waals surface area contributed by atoms with Crippen molar-refractivity contribution in [2.45, 2.75) is 38.7 Å². The fourth-order valence-corrected chi connectivity index (χ4v) is 4.34. The predicted molar refractivity (Wildman–Crippen MR) is 135 cm³/mol. The van der Waals surface area contributed by atoms with Gasteiger partial charge in [0.25, 0.3) is 0 Å². The third-order valence-corrected chi connectivity index (χ3v) is 6.20. The minimum absolute atomic E-state index is 0.0782. The summed E-state index contributed by atoms with van der Waals surface area (Å²) in [5, 5.41) is 20.4. The molecule has 0 spiro atoms. The number of benzene rings is 3. The molecule has 2 N–H and O–H groups in total. The third-order valence-electron chi connectivity index (χ3n) is 6.20. The lowest BCUT2D eigenvalue weighted by Gasteiger charge is -2.25. The molecule has 6 nitrogen and oxygen atoms in total. The molecule has 0 radical (unpaired) electrons. The molecule has 2 atom stereocenters. The Labute approximate surface area is 207 Å². The number of carboxylic acid groups (broad SMARTS) is 1. The first kappa shape index (κ1) is 26.1. The van der Waals surface area contributed by atoms with Crippen LogP contribution in [0.3, 0.4) is 0 Å². The van der Waals surface area contributed by atoms with Gasteiger partial charge < -0.3 is 24.4 Å². The van der Waals surface area contributed by atoms with Crippen molar-refractivity contribution in [2.24, 2.45) is 5.92 Å². The van der Waals surface area contributed by atoms with Gasteiger partial charge in [-0.05, 0) is 79.5 Å². The van der Waals surface area contributed by atoms with E-state index < -0.39 is 18.7 Å². The van der Waals surface area contributed by atoms with Gasteiger partial charge in [-0.15, -0.1) is 0 Å². The molecule has 0 aliphatic heterocycles. The lowest BCUT2D eigenvalue weighted by molar-refractivity contribution is -0.139. The molecule has 0 bridgehead atoms. The summed E-state index contributed by atoms with van der Waals surface area (Å²) in [4.78, 5) is 10.9. The Morgan fingerprint density at radius 3 is 2.20 bits per heavy atom. The fraction of sp³-hybridized carbons (Fsp3) is 0.345. The summed E-state index contributed by atoms with van der Waals surface area (Å²) in [6, 6.07) is 21.5. The first-order valence-corrected chi connectivity index (χ1v) is 11.8. The summed E-state index contributed by atoms with van der Waals surface area (Å²) in [5.74, 6) is 0.745. The molecule has 0 aromatic heterocycles. The highest BCUT2D eigenvalue weighted by Gasteiger charge is 2.24. The number of hydrogen-bond donors (Lipinski definition) is 2. The first-order valence-electron chi connectivity index (χ1n) is 11.8. The molecule has 0 saturated carbocycles. The molecular weight excluding hydrogens is 444 g/mol. The Balaban J connectivity index is 1.83. The number of carbonyl (C=O) groups is 1. The Bertz CT molecular complexity index is 1070. The van der Waals surface area contributed by atoms with Crippen molar-refractivity contribution in [3.8, 4) is 17.2 Å². The van der Waals surface area contributed by atoms with Crippen LogP contribution in [-0.4, -0.2) is 37.0 Å². The minimum Gasteiger partial charge on any atom is -0.496 e. The van der Waals surface area contributed by atoms with Gasteiger partial charge in [-0.1, -0.05) is 42.5 Å². The number of carboxylic acids is 1. The number of hydrogen-bond acceptors (Lipinski definition) is 5. The zero-order valence-electron chi connectivity index (χ0n) is 20.6. The SMILES string of the molecule is COc1cc(C(O)[C@H](CCCc2ccccc2)Cc2cccc(OCC(=O)O)c2)cc(OC)c1C. The van der Waals surface area contributed by atoms with Crippen LogP contribution in [0.15, 0.2) is 66.7 Å². The van der Waals surface area contributed by atoms with E-state index >= 15 is 0 Å². The monoisotopic (exact) mass is 478 g/mol. The van der Waals surface area contributed by atoms with Crippen molar-refractivity contribution < 1.29 is 29.2 Å². The molecule has 3 aromatic carbocycles. The maximum absolute atomic E-state index is 11.5. The van der Waals surface area contributed by atoms with E-state index in [0.717, 1.165) is 36.0 Å². The van der Waals surface area contributed by atoms with E-state index in [2.05, 4.69) is 12.1 Å². The fourth-order valence-electron chi connectivity index (χ4n) is 4.34. The number of aliphatic hydroxyl groups is 1. The Hall–Kier alpha value is -3.51. The Morgan fingerprint density at radius 2 is 1.57 bits per heavy atom. The third kappa shape index (κ3) is 7.49. The van der Waals surface area contributed by atoms with Gasteiger partial charge in [-0.25, -0.2) is 4.79 Å². The van der Waals surface area contributed by atoms with Crippen molar-refractivity contribution in [1.29, 1.82) is 0 Å². The van der Waals surface area contributed by atoms with Crippen LogP contribution in [0.5, 0.6) is 17.2 Å². The molecule has 6 heteroatoms. The van der Waals surface area contributed by atoms with E-state index in [1.54, 1.807) is 20.3 Å². The van der Waals surface area contributed by atoms with Crippen LogP contribution in [0.1, 0.15) is 41.2 Å². The smallest absolute Gasteiger partial charge is 0.341 e. The second-order valence-corrected chi connectivity index (χ2v) is 8.67. The van der Waals surface area contributed by atoms with E-state index in [9.17, 15) is 9.90 Å². The average Bonchev–Trinajstić information content (AvgIpc) is 2.87. The van der Waals surface area contributed by atoms with Crippen LogP contribution < -0.4 is 14.2 Å². The van der Waals surface area contributed by atoms with Crippen LogP contribution in [0, 0.1) is 12.8 Å². The van der Waals surface area contributed by atoms with Crippen molar-refractivity contribution in [2.75, 3.05) is 20.8 Å². The standard InChI is InChI=1S/C29H34O6/c1-20-26(33-2)17-24(18-27(20)34-3)29(32)23(13-7-11-21-9-5-4-6-10-21)15-22-12-8-14-25(16-22)35-19-28(30)31/h4-6,8-10,12,14,16-18,23,29,32H,7,11,13,15,19H2,1-3H3,(H,30,31)/t23-,29?/m1/s1. The molecule has 186 valence electrons. The Kier molecular flexibility index (Phi) is 9.56. The van der Waals surface area contributed by atoms with Gasteiger partial charge in [-0.2, -0.15) is 0 Å². The van der Waals surface area contributed by atoms with Crippen molar-refractivity contribution in [3.63, 3.8) is 0 Å². The maximum atomic E-state index is 11.5. The predicted octanol–water partition coefficient (Wildman–Crippen LogP) is 5.39. The highest BCUT2D eigenvalue weighted by molar-refractivity contribution is 5.68. The van der Waals surface area contributed by atoms with Gasteiger partial charge in [0.1, 0.15) is 17.2 Å². The molecule has 35 heavy (non-hydrogen) atoms. The van der Waals surface area contributed by atoms with Crippen LogP contribution in [0.4, 0.5) is 0 Å². The molecule has 3 aromatic rings. The number of rotatable bonds is 13. The molecule has 3 rings (SSSR count). The zero-order chi connectivity index (χ0) is 25.2. The molecule has 0 aliphatic carbocycles. The van der Waals surface area contributed by atoms with Crippen LogP contribution >= 0.6 is 0 Å². The molecular formula is C29H34O6. The highest BCUT2D eigenvalue weighted by atomic mass is 16.5. The topological polar surface area (TPSA) is 85.2 Å². The van der Waals surface area contributed by atoms with E-state index in [1.807, 2.05) is 55.5 Å². The molecule has 0 aliphatic rings. The summed E-state index contributed by atoms with van der Waals surface area (Å²) < 4.78 is 16.4. The highest BCUT2D eigenvalue weighted by Crippen LogP contribution is 2.37. The average molecular weight is 479 g/mol. The van der Waals surface area contributed by atoms with Gasteiger partial charge in [0.2, 0.25) is 0 Å². The number of aliphatic hydroxyl groups excluding tert-OH is 1. The summed E-state index contributed by atoms with van der Waals surface area (Å²) in [7, 11) is 3.22. The molecule has 1 unspecified atom stereocenters. The lowest BCUT2D eigenvalue weighted by Crippen LogP contribution is -2.17. The number of aliphatic carboxylic acids is 1. The minimum atomic E-state index is -1.02. The van der Waals surface area contributed by atoms with Crippen LogP contribution in [-0.2, 0) is 17.6 Å². The summed E-state index contributed by atoms with van der Waals surface area (Å²) in [6.07, 6.45) is 2.51. The van der Waals surface area contributed by atoms with E-state index in [0.29, 0.717) is 23.7 Å². The van der Waals surface area contributed by atoms with Gasteiger partial charge in [0.15, 0.2) is 6.61 Å². The van der Waals surface area contributed by atoms with E-state index in [-0.39, 0.29) is 5.92 Å². The second kappa shape index (κ2) is 12.8. The second-order valence-electron chi connectivity index (χ2n) is 8.67. The van der Waals surface area contributed by atoms with Crippen LogP contribution in [0.2, 0.25) is 0 Å². The quantitative estimate of drug-likeness (QED) is 0.343. The number of aryl methyl sites for hydroxylation is 1.